The van der Waals surface area contributed by atoms with Crippen LogP contribution in [0.2, 0.25) is 0 Å². The molecule has 152 valence electrons. The van der Waals surface area contributed by atoms with Gasteiger partial charge in [0, 0.05) is 14.1 Å². The highest BCUT2D eigenvalue weighted by atomic mass is 31.1. The van der Waals surface area contributed by atoms with Gasteiger partial charge in [-0.15, -0.1) is 0 Å². The first-order chi connectivity index (χ1) is 14.2. The molecule has 0 fully saturated rings. The lowest BCUT2D eigenvalue weighted by atomic mass is 10.1. The highest BCUT2D eigenvalue weighted by molar-refractivity contribution is 7.70. The molecular formula is C26H33N2P. The Morgan fingerprint density at radius 1 is 0.655 bits per heavy atom. The Morgan fingerprint density at radius 2 is 1.07 bits per heavy atom. The van der Waals surface area contributed by atoms with E-state index in [9.17, 15) is 0 Å². The van der Waals surface area contributed by atoms with Gasteiger partial charge in [0.05, 0.1) is 6.17 Å². The monoisotopic (exact) mass is 404 g/mol. The smallest absolute Gasteiger partial charge is 0.0926 e. The molecule has 0 amide bonds. The molecule has 0 saturated carbocycles. The molecule has 2 nitrogen and oxygen atoms in total. The van der Waals surface area contributed by atoms with Gasteiger partial charge in [-0.25, -0.2) is 0 Å². The van der Waals surface area contributed by atoms with E-state index in [4.69, 9.17) is 0 Å². The van der Waals surface area contributed by atoms with E-state index in [-0.39, 0.29) is 6.17 Å². The topological polar surface area (TPSA) is 6.48 Å². The van der Waals surface area contributed by atoms with Crippen LogP contribution in [0.15, 0.2) is 91.0 Å². The zero-order valence-corrected chi connectivity index (χ0v) is 19.0. The van der Waals surface area contributed by atoms with Crippen molar-refractivity contribution in [3.8, 4) is 0 Å². The molecule has 3 rings (SSSR count). The Morgan fingerprint density at radius 3 is 1.45 bits per heavy atom. The van der Waals surface area contributed by atoms with Crippen molar-refractivity contribution in [1.82, 2.24) is 9.57 Å². The van der Waals surface area contributed by atoms with Crippen LogP contribution in [0.25, 0.3) is 0 Å². The molecule has 0 saturated heterocycles. The first kappa shape index (κ1) is 21.7. The van der Waals surface area contributed by atoms with Crippen molar-refractivity contribution < 1.29 is 0 Å². The van der Waals surface area contributed by atoms with E-state index < -0.39 is 8.07 Å². The van der Waals surface area contributed by atoms with E-state index in [0.29, 0.717) is 6.04 Å². The van der Waals surface area contributed by atoms with Crippen LogP contribution in [-0.4, -0.2) is 28.7 Å². The molecule has 0 spiro atoms. The Labute approximate surface area is 178 Å². The third-order valence-corrected chi connectivity index (χ3v) is 7.99. The minimum atomic E-state index is -0.669. The molecule has 3 aromatic rings. The number of nitrogens with zero attached hydrogens (tertiary/aromatic N) is 2. The summed E-state index contributed by atoms with van der Waals surface area (Å²) in [6, 6.07) is 33.4. The van der Waals surface area contributed by atoms with Crippen molar-refractivity contribution in [3.63, 3.8) is 0 Å². The lowest BCUT2D eigenvalue weighted by Gasteiger charge is -2.46. The van der Waals surface area contributed by atoms with Gasteiger partial charge >= 0.3 is 0 Å². The van der Waals surface area contributed by atoms with Gasteiger partial charge in [-0.2, -0.15) is 0 Å². The molecule has 1 unspecified atom stereocenters. The van der Waals surface area contributed by atoms with Gasteiger partial charge in [0.25, 0.3) is 0 Å². The van der Waals surface area contributed by atoms with Crippen molar-refractivity contribution in [2.75, 3.05) is 13.1 Å². The van der Waals surface area contributed by atoms with Crippen LogP contribution in [-0.2, 0) is 0 Å². The van der Waals surface area contributed by atoms with Crippen LogP contribution in [0.4, 0.5) is 0 Å². The van der Waals surface area contributed by atoms with Crippen molar-refractivity contribution in [3.05, 3.63) is 96.6 Å². The first-order valence-corrected chi connectivity index (χ1v) is 11.9. The van der Waals surface area contributed by atoms with Crippen LogP contribution >= 0.6 is 8.07 Å². The molecule has 0 aliphatic carbocycles. The first-order valence-electron chi connectivity index (χ1n) is 10.6. The highest BCUT2D eigenvalue weighted by Crippen LogP contribution is 2.47. The van der Waals surface area contributed by atoms with Crippen LogP contribution in [0, 0.1) is 0 Å². The SMILES string of the molecule is CCN(CC)C(c1ccccc1)N(C(C)C)P(c1ccccc1)c1ccccc1. The van der Waals surface area contributed by atoms with E-state index >= 15 is 0 Å². The Kier molecular flexibility index (Phi) is 8.00. The zero-order chi connectivity index (χ0) is 20.6. The summed E-state index contributed by atoms with van der Waals surface area (Å²) in [4.78, 5) is 2.58. The van der Waals surface area contributed by atoms with Crippen molar-refractivity contribution in [1.29, 1.82) is 0 Å². The van der Waals surface area contributed by atoms with Gasteiger partial charge in [0.2, 0.25) is 0 Å². The summed E-state index contributed by atoms with van der Waals surface area (Å²) in [6.45, 7) is 11.2. The predicted molar refractivity (Wildman–Crippen MR) is 128 cm³/mol. The van der Waals surface area contributed by atoms with E-state index in [1.54, 1.807) is 0 Å². The Hall–Kier alpha value is -1.99. The van der Waals surface area contributed by atoms with Gasteiger partial charge in [0.15, 0.2) is 0 Å². The molecule has 3 heteroatoms. The third kappa shape index (κ3) is 5.14. The Bertz CT molecular complexity index is 793. The molecule has 29 heavy (non-hydrogen) atoms. The van der Waals surface area contributed by atoms with Gasteiger partial charge in [-0.3, -0.25) is 9.57 Å². The summed E-state index contributed by atoms with van der Waals surface area (Å²) < 4.78 is 2.74. The standard InChI is InChI=1S/C26H33N2P/c1-5-27(6-2)26(23-16-10-7-11-17-23)28(22(3)4)29(24-18-12-8-13-19-24)25-20-14-9-15-21-25/h7-22,26H,5-6H2,1-4H3. The largest absolute Gasteiger partial charge is 0.284 e. The molecule has 0 heterocycles. The van der Waals surface area contributed by atoms with E-state index in [2.05, 4.69) is 128 Å². The van der Waals surface area contributed by atoms with E-state index in [1.807, 2.05) is 0 Å². The minimum Gasteiger partial charge on any atom is -0.284 e. The van der Waals surface area contributed by atoms with Gasteiger partial charge in [-0.05, 0) is 43.1 Å². The number of hydrogen-bond acceptors (Lipinski definition) is 2. The Balaban J connectivity index is 2.19. The maximum absolute atomic E-state index is 2.74. The quantitative estimate of drug-likeness (QED) is 0.329. The lowest BCUT2D eigenvalue weighted by Crippen LogP contribution is -2.45. The van der Waals surface area contributed by atoms with Crippen molar-refractivity contribution >= 4 is 18.7 Å². The minimum absolute atomic E-state index is 0.234. The fraction of sp³-hybridized carbons (Fsp3) is 0.308. The fourth-order valence-corrected chi connectivity index (χ4v) is 6.60. The second-order valence-corrected chi connectivity index (χ2v) is 9.58. The van der Waals surface area contributed by atoms with Crippen molar-refractivity contribution in [2.24, 2.45) is 0 Å². The van der Waals surface area contributed by atoms with Gasteiger partial charge in [0.1, 0.15) is 0 Å². The maximum Gasteiger partial charge on any atom is 0.0926 e. The summed E-state index contributed by atoms with van der Waals surface area (Å²) in [5.74, 6) is 0. The summed E-state index contributed by atoms with van der Waals surface area (Å²) >= 11 is 0. The highest BCUT2D eigenvalue weighted by Gasteiger charge is 2.34. The number of hydrogen-bond donors (Lipinski definition) is 0. The number of benzene rings is 3. The molecule has 0 aliphatic heterocycles. The molecule has 0 aromatic heterocycles. The van der Waals surface area contributed by atoms with Crippen LogP contribution in [0.1, 0.15) is 39.4 Å². The second-order valence-electron chi connectivity index (χ2n) is 7.46. The van der Waals surface area contributed by atoms with E-state index in [0.717, 1.165) is 13.1 Å². The molecule has 1 atom stereocenters. The molecule has 0 N–H and O–H groups in total. The lowest BCUT2D eigenvalue weighted by molar-refractivity contribution is 0.0977. The fourth-order valence-electron chi connectivity index (χ4n) is 3.90. The molecule has 0 bridgehead atoms. The van der Waals surface area contributed by atoms with Crippen LogP contribution in [0.5, 0.6) is 0 Å². The average Bonchev–Trinajstić information content (AvgIpc) is 2.78. The molecule has 0 radical (unpaired) electrons. The third-order valence-electron chi connectivity index (χ3n) is 5.27. The second kappa shape index (κ2) is 10.7. The summed E-state index contributed by atoms with van der Waals surface area (Å²) in [5, 5.41) is 2.80. The molecule has 0 aliphatic rings. The van der Waals surface area contributed by atoms with Gasteiger partial charge < -0.3 is 0 Å². The maximum atomic E-state index is 2.74. The molecular weight excluding hydrogens is 371 g/mol. The van der Waals surface area contributed by atoms with Gasteiger partial charge in [-0.1, -0.05) is 105 Å². The van der Waals surface area contributed by atoms with Crippen LogP contribution < -0.4 is 10.6 Å². The number of rotatable bonds is 9. The summed E-state index contributed by atoms with van der Waals surface area (Å²) in [6.07, 6.45) is 0.234. The zero-order valence-electron chi connectivity index (χ0n) is 18.1. The van der Waals surface area contributed by atoms with Crippen molar-refractivity contribution in [2.45, 2.75) is 39.9 Å². The summed E-state index contributed by atoms with van der Waals surface area (Å²) in [7, 11) is -0.669. The normalized spacial score (nSPS) is 12.8. The average molecular weight is 405 g/mol. The molecule has 3 aromatic carbocycles. The summed E-state index contributed by atoms with van der Waals surface area (Å²) in [5.41, 5.74) is 1.37. The van der Waals surface area contributed by atoms with E-state index in [1.165, 1.54) is 16.2 Å². The van der Waals surface area contributed by atoms with Crippen LogP contribution in [0.3, 0.4) is 0 Å². The predicted octanol–water partition coefficient (Wildman–Crippen LogP) is 5.79.